The molecule has 0 spiro atoms. The van der Waals surface area contributed by atoms with E-state index in [9.17, 15) is 4.79 Å². The Labute approximate surface area is 108 Å². The molecule has 0 saturated heterocycles. The third-order valence-corrected chi connectivity index (χ3v) is 3.23. The lowest BCUT2D eigenvalue weighted by molar-refractivity contribution is 0.0516. The van der Waals surface area contributed by atoms with Gasteiger partial charge in [0, 0.05) is 0 Å². The zero-order valence-electron chi connectivity index (χ0n) is 10.9. The topological polar surface area (TPSA) is 35.5 Å². The molecular weight excluding hydrogens is 228 g/mol. The van der Waals surface area contributed by atoms with Gasteiger partial charge in [-0.1, -0.05) is 18.6 Å². The molecule has 1 aromatic carbocycles. The molecule has 98 valence electrons. The first-order valence-corrected chi connectivity index (χ1v) is 6.74. The number of carbonyl (C=O) groups excluding carboxylic acids is 1. The van der Waals surface area contributed by atoms with E-state index >= 15 is 0 Å². The van der Waals surface area contributed by atoms with Gasteiger partial charge in [-0.05, 0) is 44.7 Å². The Balaban J connectivity index is 2.08. The van der Waals surface area contributed by atoms with Gasteiger partial charge in [0.15, 0.2) is 0 Å². The van der Waals surface area contributed by atoms with Gasteiger partial charge in [0.1, 0.15) is 11.3 Å². The Morgan fingerprint density at radius 3 is 2.67 bits per heavy atom. The normalized spacial score (nSPS) is 16.3. The Kier molecular flexibility index (Phi) is 4.62. The highest BCUT2D eigenvalue weighted by molar-refractivity contribution is 5.92. The highest BCUT2D eigenvalue weighted by atomic mass is 16.5. The second-order valence-electron chi connectivity index (χ2n) is 4.59. The maximum absolute atomic E-state index is 11.8. The second-order valence-corrected chi connectivity index (χ2v) is 4.59. The van der Waals surface area contributed by atoms with Crippen LogP contribution in [0.2, 0.25) is 0 Å². The molecule has 1 aliphatic carbocycles. The van der Waals surface area contributed by atoms with E-state index in [0.29, 0.717) is 17.9 Å². The lowest BCUT2D eigenvalue weighted by Crippen LogP contribution is -2.21. The highest BCUT2D eigenvalue weighted by Crippen LogP contribution is 2.26. The van der Waals surface area contributed by atoms with Crippen LogP contribution < -0.4 is 4.74 Å². The molecule has 0 aromatic heterocycles. The van der Waals surface area contributed by atoms with Gasteiger partial charge in [-0.2, -0.15) is 0 Å². The predicted molar refractivity (Wildman–Crippen MR) is 69.9 cm³/mol. The molecule has 0 radical (unpaired) electrons. The predicted octanol–water partition coefficient (Wildman–Crippen LogP) is 3.57. The van der Waals surface area contributed by atoms with Crippen molar-refractivity contribution in [3.63, 3.8) is 0 Å². The summed E-state index contributed by atoms with van der Waals surface area (Å²) in [6.07, 6.45) is 6.13. The van der Waals surface area contributed by atoms with Gasteiger partial charge in [0.25, 0.3) is 0 Å². The van der Waals surface area contributed by atoms with Crippen LogP contribution in [-0.4, -0.2) is 18.7 Å². The molecule has 1 fully saturated rings. The van der Waals surface area contributed by atoms with Gasteiger partial charge in [-0.15, -0.1) is 0 Å². The van der Waals surface area contributed by atoms with Gasteiger partial charge in [0.2, 0.25) is 0 Å². The van der Waals surface area contributed by atoms with E-state index in [-0.39, 0.29) is 12.1 Å². The summed E-state index contributed by atoms with van der Waals surface area (Å²) in [5.74, 6) is 0.353. The summed E-state index contributed by atoms with van der Waals surface area (Å²) in [4.78, 5) is 11.8. The highest BCUT2D eigenvalue weighted by Gasteiger charge is 2.19. The molecule has 1 aromatic rings. The van der Waals surface area contributed by atoms with Crippen molar-refractivity contribution in [1.29, 1.82) is 0 Å². The number of para-hydroxylation sites is 1. The van der Waals surface area contributed by atoms with E-state index in [4.69, 9.17) is 9.47 Å². The molecule has 0 heterocycles. The van der Waals surface area contributed by atoms with Gasteiger partial charge in [-0.3, -0.25) is 0 Å². The van der Waals surface area contributed by atoms with Gasteiger partial charge in [-0.25, -0.2) is 4.79 Å². The molecule has 1 aliphatic rings. The van der Waals surface area contributed by atoms with Gasteiger partial charge in [0.05, 0.1) is 12.7 Å². The summed E-state index contributed by atoms with van der Waals surface area (Å²) < 4.78 is 11.0. The van der Waals surface area contributed by atoms with Crippen molar-refractivity contribution < 1.29 is 14.3 Å². The fourth-order valence-electron chi connectivity index (χ4n) is 2.31. The van der Waals surface area contributed by atoms with Crippen LogP contribution in [0.1, 0.15) is 49.4 Å². The summed E-state index contributed by atoms with van der Waals surface area (Å²) in [7, 11) is 0. The van der Waals surface area contributed by atoms with Crippen molar-refractivity contribution in [3.8, 4) is 5.75 Å². The number of rotatable bonds is 4. The molecule has 0 aliphatic heterocycles. The number of benzene rings is 1. The molecule has 0 N–H and O–H groups in total. The SMILES string of the molecule is CCOC(=O)c1ccccc1OC1CCCCC1. The van der Waals surface area contributed by atoms with Crippen molar-refractivity contribution in [2.24, 2.45) is 0 Å². The van der Waals surface area contributed by atoms with E-state index in [1.807, 2.05) is 25.1 Å². The van der Waals surface area contributed by atoms with E-state index in [0.717, 1.165) is 12.8 Å². The van der Waals surface area contributed by atoms with Crippen molar-refractivity contribution in [2.45, 2.75) is 45.1 Å². The average Bonchev–Trinajstić information content (AvgIpc) is 2.41. The molecule has 2 rings (SSSR count). The first-order valence-electron chi connectivity index (χ1n) is 6.74. The van der Waals surface area contributed by atoms with Crippen LogP contribution in [0.25, 0.3) is 0 Å². The van der Waals surface area contributed by atoms with E-state index in [2.05, 4.69) is 0 Å². The first kappa shape index (κ1) is 12.9. The number of hydrogen-bond donors (Lipinski definition) is 0. The largest absolute Gasteiger partial charge is 0.490 e. The molecule has 0 atom stereocenters. The average molecular weight is 248 g/mol. The van der Waals surface area contributed by atoms with E-state index < -0.39 is 0 Å². The summed E-state index contributed by atoms with van der Waals surface area (Å²) in [5, 5.41) is 0. The number of carbonyl (C=O) groups is 1. The Bertz CT molecular complexity index is 394. The molecule has 0 amide bonds. The Hall–Kier alpha value is -1.51. The van der Waals surface area contributed by atoms with Crippen LogP contribution in [0.5, 0.6) is 5.75 Å². The maximum atomic E-state index is 11.8. The lowest BCUT2D eigenvalue weighted by atomic mass is 9.97. The molecule has 1 saturated carbocycles. The smallest absolute Gasteiger partial charge is 0.341 e. The summed E-state index contributed by atoms with van der Waals surface area (Å²) in [6.45, 7) is 2.19. The van der Waals surface area contributed by atoms with Crippen molar-refractivity contribution in [1.82, 2.24) is 0 Å². The van der Waals surface area contributed by atoms with Crippen LogP contribution in [-0.2, 0) is 4.74 Å². The number of ether oxygens (including phenoxy) is 2. The van der Waals surface area contributed by atoms with Gasteiger partial charge < -0.3 is 9.47 Å². The second kappa shape index (κ2) is 6.43. The van der Waals surface area contributed by atoms with Crippen molar-refractivity contribution in [3.05, 3.63) is 29.8 Å². The zero-order valence-corrected chi connectivity index (χ0v) is 10.9. The minimum absolute atomic E-state index is 0.245. The quantitative estimate of drug-likeness (QED) is 0.764. The minimum Gasteiger partial charge on any atom is -0.490 e. The third kappa shape index (κ3) is 3.25. The minimum atomic E-state index is -0.302. The maximum Gasteiger partial charge on any atom is 0.341 e. The van der Waals surface area contributed by atoms with Crippen LogP contribution in [0.3, 0.4) is 0 Å². The Morgan fingerprint density at radius 2 is 1.94 bits per heavy atom. The molecule has 18 heavy (non-hydrogen) atoms. The zero-order chi connectivity index (χ0) is 12.8. The fraction of sp³-hybridized carbons (Fsp3) is 0.533. The van der Waals surface area contributed by atoms with Gasteiger partial charge >= 0.3 is 5.97 Å². The van der Waals surface area contributed by atoms with Crippen LogP contribution in [0, 0.1) is 0 Å². The Morgan fingerprint density at radius 1 is 1.22 bits per heavy atom. The van der Waals surface area contributed by atoms with Crippen molar-refractivity contribution >= 4 is 5.97 Å². The molecule has 0 unspecified atom stereocenters. The first-order chi connectivity index (χ1) is 8.81. The molecule has 3 heteroatoms. The molecule has 0 bridgehead atoms. The standard InChI is InChI=1S/C15H20O3/c1-2-17-15(16)13-10-6-7-11-14(13)18-12-8-4-3-5-9-12/h6-7,10-12H,2-5,8-9H2,1H3. The summed E-state index contributed by atoms with van der Waals surface area (Å²) >= 11 is 0. The molecular formula is C15H20O3. The van der Waals surface area contributed by atoms with Crippen LogP contribution in [0.4, 0.5) is 0 Å². The summed E-state index contributed by atoms with van der Waals surface area (Å²) in [5.41, 5.74) is 0.532. The monoisotopic (exact) mass is 248 g/mol. The lowest BCUT2D eigenvalue weighted by Gasteiger charge is -2.23. The van der Waals surface area contributed by atoms with E-state index in [1.54, 1.807) is 6.07 Å². The molecule has 3 nitrogen and oxygen atoms in total. The number of esters is 1. The van der Waals surface area contributed by atoms with Crippen LogP contribution in [0.15, 0.2) is 24.3 Å². The third-order valence-electron chi connectivity index (χ3n) is 3.23. The van der Waals surface area contributed by atoms with Crippen LogP contribution >= 0.6 is 0 Å². The van der Waals surface area contributed by atoms with Crippen molar-refractivity contribution in [2.75, 3.05) is 6.61 Å². The summed E-state index contributed by atoms with van der Waals surface area (Å²) in [6, 6.07) is 7.33. The number of hydrogen-bond acceptors (Lipinski definition) is 3. The van der Waals surface area contributed by atoms with E-state index in [1.165, 1.54) is 19.3 Å². The fourth-order valence-corrected chi connectivity index (χ4v) is 2.31.